The van der Waals surface area contributed by atoms with Crippen LogP contribution in [0.1, 0.15) is 16.7 Å². The fourth-order valence-corrected chi connectivity index (χ4v) is 7.94. The molecule has 1 heterocycles. The molecule has 0 bridgehead atoms. The van der Waals surface area contributed by atoms with Crippen molar-refractivity contribution in [3.63, 3.8) is 0 Å². The normalized spacial score (nSPS) is 14.7. The monoisotopic (exact) mass is 392 g/mol. The number of hydrogen-bond donors (Lipinski definition) is 0. The van der Waals surface area contributed by atoms with Crippen LogP contribution in [0, 0.1) is 6.92 Å². The van der Waals surface area contributed by atoms with Gasteiger partial charge in [0.15, 0.2) is 0 Å². The predicted octanol–water partition coefficient (Wildman–Crippen LogP) is 4.68. The average Bonchev–Trinajstić information content (AvgIpc) is 2.78. The Kier molecular flexibility index (Phi) is 4.78. The third-order valence-electron chi connectivity index (χ3n) is 5.92. The van der Waals surface area contributed by atoms with Gasteiger partial charge in [-0.25, -0.2) is 0 Å². The Morgan fingerprint density at radius 3 is 2.31 bits per heavy atom. The molecule has 1 nitrogen and oxygen atoms in total. The summed E-state index contributed by atoms with van der Waals surface area (Å²) in [6.07, 6.45) is 0. The van der Waals surface area contributed by atoms with Gasteiger partial charge in [-0.2, -0.15) is 0 Å². The molecule has 2 heteroatoms. The molecule has 0 radical (unpaired) electrons. The van der Waals surface area contributed by atoms with Gasteiger partial charge in [-0.15, -0.1) is 0 Å². The van der Waals surface area contributed by atoms with Gasteiger partial charge in [-0.05, 0) is 57.2 Å². The van der Waals surface area contributed by atoms with Crippen LogP contribution >= 0.6 is 0 Å². The highest BCUT2D eigenvalue weighted by Gasteiger charge is 2.29. The van der Waals surface area contributed by atoms with E-state index < -0.39 is 8.80 Å². The lowest BCUT2D eigenvalue weighted by Gasteiger charge is -2.29. The molecule has 0 saturated heterocycles. The molecular formula is C27H24OSi. The summed E-state index contributed by atoms with van der Waals surface area (Å²) in [5, 5.41) is 2.94. The van der Waals surface area contributed by atoms with Gasteiger partial charge in [0.05, 0.1) is 0 Å². The topological polar surface area (TPSA) is 9.23 Å². The summed E-state index contributed by atoms with van der Waals surface area (Å²) in [6.45, 7) is 2.84. The molecule has 4 aromatic rings. The van der Waals surface area contributed by atoms with Crippen LogP contribution in [0.5, 0.6) is 5.75 Å². The van der Waals surface area contributed by atoms with Crippen LogP contribution in [0.3, 0.4) is 0 Å². The number of fused-ring (bicyclic) bond motifs is 3. The Hall–Kier alpha value is -3.10. The highest BCUT2D eigenvalue weighted by molar-refractivity contribution is 6.87. The first kappa shape index (κ1) is 18.0. The van der Waals surface area contributed by atoms with E-state index in [0.717, 1.165) is 11.8 Å². The molecule has 0 saturated carbocycles. The molecule has 1 atom stereocenters. The van der Waals surface area contributed by atoms with Crippen molar-refractivity contribution >= 4 is 19.2 Å². The van der Waals surface area contributed by atoms with Crippen LogP contribution in [0.25, 0.3) is 11.1 Å². The Morgan fingerprint density at radius 2 is 1.45 bits per heavy atom. The first-order chi connectivity index (χ1) is 14.3. The van der Waals surface area contributed by atoms with Crippen LogP contribution in [0.15, 0.2) is 97.1 Å². The summed E-state index contributed by atoms with van der Waals surface area (Å²) in [6, 6.07) is 36.0. The third kappa shape index (κ3) is 3.41. The summed E-state index contributed by atoms with van der Waals surface area (Å²) in [4.78, 5) is 0. The van der Waals surface area contributed by atoms with E-state index in [1.165, 1.54) is 38.2 Å². The molecule has 0 N–H and O–H groups in total. The Balaban J connectivity index is 1.55. The van der Waals surface area contributed by atoms with Gasteiger partial charge < -0.3 is 4.74 Å². The van der Waals surface area contributed by atoms with Crippen molar-refractivity contribution in [3.05, 3.63) is 114 Å². The summed E-state index contributed by atoms with van der Waals surface area (Å²) in [7, 11) is -1.43. The van der Waals surface area contributed by atoms with E-state index in [1.807, 2.05) is 6.07 Å². The number of benzene rings is 4. The zero-order valence-corrected chi connectivity index (χ0v) is 17.8. The largest absolute Gasteiger partial charge is 0.489 e. The standard InChI is InChI=1S/C27H24OSi/c1-20-10-9-13-22-19-29(25-16-7-5-14-23(25)27(20)22)26-17-8-6-15-24(26)28-18-21-11-3-2-4-12-21/h2-17,29H,18-19H2,1H3/t29-/m0/s1. The van der Waals surface area contributed by atoms with Crippen molar-refractivity contribution in [3.8, 4) is 16.9 Å². The fraction of sp³-hybridized carbons (Fsp3) is 0.111. The highest BCUT2D eigenvalue weighted by Crippen LogP contribution is 2.31. The van der Waals surface area contributed by atoms with Gasteiger partial charge in [0.1, 0.15) is 21.2 Å². The van der Waals surface area contributed by atoms with Crippen LogP contribution in [-0.2, 0) is 12.7 Å². The second-order valence-corrected chi connectivity index (χ2v) is 10.5. The Labute approximate surface area is 174 Å². The quantitative estimate of drug-likeness (QED) is 0.458. The van der Waals surface area contributed by atoms with Gasteiger partial charge in [0.2, 0.25) is 0 Å². The zero-order chi connectivity index (χ0) is 19.6. The van der Waals surface area contributed by atoms with E-state index in [-0.39, 0.29) is 0 Å². The number of ether oxygens (including phenoxy) is 1. The molecule has 1 aliphatic heterocycles. The molecule has 0 spiro atoms. The minimum atomic E-state index is -1.43. The van der Waals surface area contributed by atoms with E-state index in [0.29, 0.717) is 6.61 Å². The zero-order valence-electron chi connectivity index (χ0n) is 16.6. The van der Waals surface area contributed by atoms with Crippen LogP contribution in [0.2, 0.25) is 0 Å². The number of hydrogen-bond acceptors (Lipinski definition) is 1. The molecule has 4 aromatic carbocycles. The van der Waals surface area contributed by atoms with Crippen LogP contribution in [-0.4, -0.2) is 8.80 Å². The SMILES string of the molecule is Cc1cccc2c1-c1ccccc1[Si@@H](c1ccccc1OCc1ccccc1)C2. The van der Waals surface area contributed by atoms with Crippen molar-refractivity contribution < 1.29 is 4.74 Å². The van der Waals surface area contributed by atoms with Crippen molar-refractivity contribution in [2.24, 2.45) is 0 Å². The minimum absolute atomic E-state index is 0.607. The Bertz CT molecular complexity index is 1150. The second-order valence-electron chi connectivity index (χ2n) is 7.77. The van der Waals surface area contributed by atoms with E-state index >= 15 is 0 Å². The molecule has 142 valence electrons. The molecule has 29 heavy (non-hydrogen) atoms. The van der Waals surface area contributed by atoms with Gasteiger partial charge in [-0.1, -0.05) is 91.0 Å². The Morgan fingerprint density at radius 1 is 0.724 bits per heavy atom. The summed E-state index contributed by atoms with van der Waals surface area (Å²) in [5.41, 5.74) is 6.92. The molecule has 0 fully saturated rings. The summed E-state index contributed by atoms with van der Waals surface area (Å²) >= 11 is 0. The first-order valence-electron chi connectivity index (χ1n) is 10.2. The maximum Gasteiger partial charge on any atom is 0.119 e. The fourth-order valence-electron chi connectivity index (χ4n) is 4.56. The lowest BCUT2D eigenvalue weighted by Crippen LogP contribution is -2.48. The highest BCUT2D eigenvalue weighted by atomic mass is 28.3. The molecule has 0 unspecified atom stereocenters. The number of aryl methyl sites for hydroxylation is 1. The molecule has 1 aliphatic rings. The molecule has 5 rings (SSSR count). The van der Waals surface area contributed by atoms with E-state index in [4.69, 9.17) is 4.74 Å². The van der Waals surface area contributed by atoms with Crippen LogP contribution in [0.4, 0.5) is 0 Å². The lowest BCUT2D eigenvalue weighted by molar-refractivity contribution is 0.308. The maximum absolute atomic E-state index is 6.34. The summed E-state index contributed by atoms with van der Waals surface area (Å²) in [5.74, 6) is 1.04. The van der Waals surface area contributed by atoms with E-state index in [9.17, 15) is 0 Å². The van der Waals surface area contributed by atoms with E-state index in [2.05, 4.69) is 97.9 Å². The van der Waals surface area contributed by atoms with Crippen LogP contribution < -0.4 is 15.1 Å². The summed E-state index contributed by atoms with van der Waals surface area (Å²) < 4.78 is 6.34. The predicted molar refractivity (Wildman–Crippen MR) is 124 cm³/mol. The minimum Gasteiger partial charge on any atom is -0.489 e. The van der Waals surface area contributed by atoms with Gasteiger partial charge in [0, 0.05) is 0 Å². The lowest BCUT2D eigenvalue weighted by atomic mass is 9.95. The van der Waals surface area contributed by atoms with Crippen molar-refractivity contribution in [2.45, 2.75) is 19.6 Å². The van der Waals surface area contributed by atoms with Gasteiger partial charge in [-0.3, -0.25) is 0 Å². The average molecular weight is 393 g/mol. The van der Waals surface area contributed by atoms with Gasteiger partial charge >= 0.3 is 0 Å². The number of rotatable bonds is 4. The molecule has 0 aromatic heterocycles. The smallest absolute Gasteiger partial charge is 0.119 e. The second kappa shape index (κ2) is 7.73. The van der Waals surface area contributed by atoms with Crippen molar-refractivity contribution in [1.29, 1.82) is 0 Å². The molecular weight excluding hydrogens is 368 g/mol. The number of para-hydroxylation sites is 1. The van der Waals surface area contributed by atoms with Crippen molar-refractivity contribution in [1.82, 2.24) is 0 Å². The maximum atomic E-state index is 6.34. The van der Waals surface area contributed by atoms with Gasteiger partial charge in [0.25, 0.3) is 0 Å². The molecule has 0 amide bonds. The third-order valence-corrected chi connectivity index (χ3v) is 9.25. The van der Waals surface area contributed by atoms with E-state index in [1.54, 1.807) is 0 Å². The van der Waals surface area contributed by atoms with Crippen molar-refractivity contribution in [2.75, 3.05) is 0 Å². The molecule has 0 aliphatic carbocycles. The first-order valence-corrected chi connectivity index (χ1v) is 12.2.